The molecule has 0 aliphatic carbocycles. The monoisotopic (exact) mass is 428 g/mol. The van der Waals surface area contributed by atoms with Crippen LogP contribution < -0.4 is 4.74 Å². The smallest absolute Gasteiger partial charge is 0.120 e. The summed E-state index contributed by atoms with van der Waals surface area (Å²) in [5, 5.41) is 19.3. The molecule has 0 bridgehead atoms. The number of ether oxygens (including phenoxy) is 1. The summed E-state index contributed by atoms with van der Waals surface area (Å²) in [4.78, 5) is 2.13. The van der Waals surface area contributed by atoms with Crippen molar-refractivity contribution in [3.05, 3.63) is 88.9 Å². The molecule has 3 rings (SSSR count). The number of aliphatic hydroxyl groups is 2. The predicted octanol–water partition coefficient (Wildman–Crippen LogP) is 5.75. The third-order valence-corrected chi connectivity index (χ3v) is 5.85. The fourth-order valence-corrected chi connectivity index (χ4v) is 4.16. The second-order valence-electron chi connectivity index (χ2n) is 6.81. The number of hydrogen-bond acceptors (Lipinski definition) is 4. The Balaban J connectivity index is 1.59. The first kappa shape index (κ1) is 21.7. The van der Waals surface area contributed by atoms with E-state index in [4.69, 9.17) is 21.4 Å². The fourth-order valence-electron chi connectivity index (χ4n) is 2.91. The number of benzene rings is 3. The molecule has 0 amide bonds. The number of rotatable bonds is 10. The molecule has 0 saturated carbocycles. The van der Waals surface area contributed by atoms with Gasteiger partial charge in [-0.3, -0.25) is 0 Å². The quantitative estimate of drug-likeness (QED) is 0.432. The van der Waals surface area contributed by atoms with E-state index in [1.54, 1.807) is 11.8 Å². The first-order valence-electron chi connectivity index (χ1n) is 9.66. The zero-order chi connectivity index (χ0) is 20.5. The number of hydrogen-bond donors (Lipinski definition) is 2. The highest BCUT2D eigenvalue weighted by Crippen LogP contribution is 2.33. The molecule has 152 valence electrons. The van der Waals surface area contributed by atoms with Crippen LogP contribution in [0.25, 0.3) is 0 Å². The summed E-state index contributed by atoms with van der Waals surface area (Å²) in [7, 11) is 0. The summed E-state index contributed by atoms with van der Waals surface area (Å²) >= 11 is 8.07. The van der Waals surface area contributed by atoms with E-state index in [1.807, 2.05) is 72.8 Å². The second-order valence-corrected chi connectivity index (χ2v) is 8.36. The van der Waals surface area contributed by atoms with E-state index < -0.39 is 6.10 Å². The lowest BCUT2D eigenvalue weighted by atomic mass is 10.1. The second kappa shape index (κ2) is 11.3. The molecule has 2 N–H and O–H groups in total. The standard InChI is InChI=1S/C24H25ClO3S/c25-24-16-23(12-10-19(24)9-11-20(27)13-14-26)29-22-8-4-7-21(15-22)28-17-18-5-2-1-3-6-18/h1-8,10,12,15-16,20,26-27H,9,11,13-14,17H2. The van der Waals surface area contributed by atoms with Gasteiger partial charge in [0.2, 0.25) is 0 Å². The van der Waals surface area contributed by atoms with Gasteiger partial charge in [0.15, 0.2) is 0 Å². The third-order valence-electron chi connectivity index (χ3n) is 4.52. The minimum atomic E-state index is -0.497. The Morgan fingerprint density at radius 3 is 2.45 bits per heavy atom. The van der Waals surface area contributed by atoms with E-state index in [2.05, 4.69) is 0 Å². The minimum Gasteiger partial charge on any atom is -0.489 e. The average molecular weight is 429 g/mol. The summed E-state index contributed by atoms with van der Waals surface area (Å²) in [6.45, 7) is 0.538. The molecule has 3 aromatic carbocycles. The molecule has 3 nitrogen and oxygen atoms in total. The van der Waals surface area contributed by atoms with Gasteiger partial charge in [0.25, 0.3) is 0 Å². The molecule has 0 spiro atoms. The lowest BCUT2D eigenvalue weighted by Crippen LogP contribution is -2.09. The van der Waals surface area contributed by atoms with E-state index in [0.717, 1.165) is 26.7 Å². The highest BCUT2D eigenvalue weighted by molar-refractivity contribution is 7.99. The van der Waals surface area contributed by atoms with Gasteiger partial charge in [-0.15, -0.1) is 0 Å². The Morgan fingerprint density at radius 1 is 0.897 bits per heavy atom. The third kappa shape index (κ3) is 7.09. The first-order chi connectivity index (χ1) is 14.1. The molecule has 3 aromatic rings. The average Bonchev–Trinajstić information content (AvgIpc) is 2.73. The van der Waals surface area contributed by atoms with Crippen molar-refractivity contribution in [2.24, 2.45) is 0 Å². The summed E-state index contributed by atoms with van der Waals surface area (Å²) in [5.41, 5.74) is 2.14. The van der Waals surface area contributed by atoms with Crippen LogP contribution in [-0.2, 0) is 13.0 Å². The molecule has 29 heavy (non-hydrogen) atoms. The Kier molecular flexibility index (Phi) is 8.44. The number of halogens is 1. The molecule has 0 fully saturated rings. The maximum Gasteiger partial charge on any atom is 0.120 e. The van der Waals surface area contributed by atoms with Crippen molar-refractivity contribution in [3.8, 4) is 5.75 Å². The summed E-state index contributed by atoms with van der Waals surface area (Å²) in [5.74, 6) is 0.833. The van der Waals surface area contributed by atoms with Gasteiger partial charge >= 0.3 is 0 Å². The topological polar surface area (TPSA) is 49.7 Å². The van der Waals surface area contributed by atoms with E-state index in [9.17, 15) is 5.11 Å². The zero-order valence-corrected chi connectivity index (χ0v) is 17.7. The van der Waals surface area contributed by atoms with Gasteiger partial charge in [-0.2, -0.15) is 0 Å². The fraction of sp³-hybridized carbons (Fsp3) is 0.250. The van der Waals surface area contributed by atoms with Crippen LogP contribution in [0.15, 0.2) is 82.6 Å². The summed E-state index contributed by atoms with van der Waals surface area (Å²) < 4.78 is 5.91. The normalized spacial score (nSPS) is 12.0. The van der Waals surface area contributed by atoms with Crippen LogP contribution in [0.1, 0.15) is 24.0 Å². The van der Waals surface area contributed by atoms with Crippen molar-refractivity contribution in [3.63, 3.8) is 0 Å². The Bertz CT molecular complexity index is 902. The molecule has 0 heterocycles. The van der Waals surface area contributed by atoms with Gasteiger partial charge in [-0.25, -0.2) is 0 Å². The first-order valence-corrected chi connectivity index (χ1v) is 10.9. The van der Waals surface area contributed by atoms with Crippen molar-refractivity contribution in [1.82, 2.24) is 0 Å². The maximum absolute atomic E-state index is 9.77. The van der Waals surface area contributed by atoms with Gasteiger partial charge in [0.1, 0.15) is 12.4 Å². The zero-order valence-electron chi connectivity index (χ0n) is 16.1. The van der Waals surface area contributed by atoms with Crippen LogP contribution in [0.2, 0.25) is 5.02 Å². The van der Waals surface area contributed by atoms with E-state index in [0.29, 0.717) is 30.9 Å². The molecule has 1 unspecified atom stereocenters. The van der Waals surface area contributed by atoms with Crippen molar-refractivity contribution in [2.45, 2.75) is 41.8 Å². The lowest BCUT2D eigenvalue weighted by molar-refractivity contribution is 0.125. The van der Waals surface area contributed by atoms with E-state index in [-0.39, 0.29) is 6.61 Å². The molecule has 0 aliphatic rings. The molecular weight excluding hydrogens is 404 g/mol. The van der Waals surface area contributed by atoms with Crippen LogP contribution in [0, 0.1) is 0 Å². The van der Waals surface area contributed by atoms with E-state index >= 15 is 0 Å². The van der Waals surface area contributed by atoms with Gasteiger partial charge in [0, 0.05) is 21.4 Å². The van der Waals surface area contributed by atoms with Crippen LogP contribution in [0.5, 0.6) is 5.75 Å². The Hall–Kier alpha value is -1.98. The molecule has 0 radical (unpaired) electrons. The van der Waals surface area contributed by atoms with Crippen LogP contribution in [-0.4, -0.2) is 22.9 Å². The van der Waals surface area contributed by atoms with Gasteiger partial charge in [-0.05, 0) is 60.7 Å². The lowest BCUT2D eigenvalue weighted by Gasteiger charge is -2.11. The molecule has 0 aromatic heterocycles. The number of aliphatic hydroxyl groups excluding tert-OH is 2. The van der Waals surface area contributed by atoms with E-state index in [1.165, 1.54) is 0 Å². The summed E-state index contributed by atoms with van der Waals surface area (Å²) in [6, 6.07) is 24.1. The van der Waals surface area contributed by atoms with Crippen molar-refractivity contribution in [1.29, 1.82) is 0 Å². The largest absolute Gasteiger partial charge is 0.489 e. The molecular formula is C24H25ClO3S. The van der Waals surface area contributed by atoms with Gasteiger partial charge in [-0.1, -0.05) is 65.8 Å². The highest BCUT2D eigenvalue weighted by atomic mass is 35.5. The predicted molar refractivity (Wildman–Crippen MR) is 119 cm³/mol. The number of aryl methyl sites for hydroxylation is 1. The van der Waals surface area contributed by atoms with Crippen molar-refractivity contribution >= 4 is 23.4 Å². The summed E-state index contributed by atoms with van der Waals surface area (Å²) in [6.07, 6.45) is 1.18. The minimum absolute atomic E-state index is 0.00139. The van der Waals surface area contributed by atoms with Crippen LogP contribution >= 0.6 is 23.4 Å². The van der Waals surface area contributed by atoms with Gasteiger partial charge < -0.3 is 14.9 Å². The Labute approximate surface area is 181 Å². The molecule has 0 aliphatic heterocycles. The molecule has 5 heteroatoms. The van der Waals surface area contributed by atoms with Crippen molar-refractivity contribution < 1.29 is 14.9 Å². The van der Waals surface area contributed by atoms with Crippen LogP contribution in [0.3, 0.4) is 0 Å². The molecule has 0 saturated heterocycles. The van der Waals surface area contributed by atoms with Crippen molar-refractivity contribution in [2.75, 3.05) is 6.61 Å². The highest BCUT2D eigenvalue weighted by Gasteiger charge is 2.08. The maximum atomic E-state index is 9.77. The van der Waals surface area contributed by atoms with Crippen LogP contribution in [0.4, 0.5) is 0 Å². The molecule has 1 atom stereocenters. The SMILES string of the molecule is OCCC(O)CCc1ccc(Sc2cccc(OCc3ccccc3)c2)cc1Cl. The van der Waals surface area contributed by atoms with Gasteiger partial charge in [0.05, 0.1) is 6.10 Å². The Morgan fingerprint density at radius 2 is 1.69 bits per heavy atom.